The van der Waals surface area contributed by atoms with E-state index < -0.39 is 0 Å². The minimum absolute atomic E-state index is 0.0302. The van der Waals surface area contributed by atoms with Gasteiger partial charge in [-0.3, -0.25) is 24.6 Å². The summed E-state index contributed by atoms with van der Waals surface area (Å²) in [5.41, 5.74) is 3.69. The van der Waals surface area contributed by atoms with Crippen LogP contribution in [0.4, 0.5) is 0 Å². The number of thiocarbonyl (C=S) groups is 1. The molecular formula is C20H27N5O3S. The highest BCUT2D eigenvalue weighted by atomic mass is 32.1. The van der Waals surface area contributed by atoms with E-state index in [1.54, 1.807) is 36.9 Å². The largest absolute Gasteiger partial charge is 0.385 e. The van der Waals surface area contributed by atoms with Crippen LogP contribution < -0.4 is 16.3 Å². The Kier molecular flexibility index (Phi) is 7.16. The molecule has 0 bridgehead atoms. The average molecular weight is 418 g/mol. The Labute approximate surface area is 175 Å². The van der Waals surface area contributed by atoms with Crippen molar-refractivity contribution in [2.24, 2.45) is 0 Å². The number of fused-ring (bicyclic) bond motifs is 2. The Hall–Kier alpha value is -2.52. The Balaban J connectivity index is 1.73. The van der Waals surface area contributed by atoms with E-state index in [0.29, 0.717) is 41.3 Å². The van der Waals surface area contributed by atoms with E-state index in [9.17, 15) is 9.59 Å². The topological polar surface area (TPSA) is 88.5 Å². The molecule has 3 rings (SSSR count). The van der Waals surface area contributed by atoms with Gasteiger partial charge in [0, 0.05) is 45.8 Å². The lowest BCUT2D eigenvalue weighted by Crippen LogP contribution is -2.48. The molecule has 0 spiro atoms. The van der Waals surface area contributed by atoms with Crippen molar-refractivity contribution in [1.29, 1.82) is 0 Å². The molecule has 2 N–H and O–H groups in total. The number of nitrogens with zero attached hydrogens (tertiary/aromatic N) is 3. The fraction of sp³-hybridized carbons (Fsp3) is 0.500. The van der Waals surface area contributed by atoms with Gasteiger partial charge < -0.3 is 10.1 Å². The molecule has 1 aromatic heterocycles. The lowest BCUT2D eigenvalue weighted by Gasteiger charge is -2.21. The number of hydrogen-bond donors (Lipinski definition) is 2. The summed E-state index contributed by atoms with van der Waals surface area (Å²) in [6.07, 6.45) is 4.71. The van der Waals surface area contributed by atoms with Crippen molar-refractivity contribution in [2.45, 2.75) is 38.6 Å². The standard InChI is InChI=1S/C20H27N5O3S/c1-24(20(29)21-10-6-12-28-2)23-18(26)14-8-9-15-16(13-14)22-17-7-4-3-5-11-25(17)19(15)27/h8-9,13H,3-7,10-12H2,1-2H3,(H,21,29)(H,23,26). The van der Waals surface area contributed by atoms with Crippen molar-refractivity contribution in [3.8, 4) is 0 Å². The average Bonchev–Trinajstić information content (AvgIpc) is 2.96. The van der Waals surface area contributed by atoms with E-state index >= 15 is 0 Å². The van der Waals surface area contributed by atoms with Crippen LogP contribution >= 0.6 is 12.2 Å². The van der Waals surface area contributed by atoms with Gasteiger partial charge in [0.25, 0.3) is 11.5 Å². The van der Waals surface area contributed by atoms with Gasteiger partial charge >= 0.3 is 0 Å². The minimum Gasteiger partial charge on any atom is -0.385 e. The first kappa shape index (κ1) is 21.2. The van der Waals surface area contributed by atoms with E-state index in [2.05, 4.69) is 15.7 Å². The number of benzene rings is 1. The number of nitrogens with one attached hydrogen (secondary N) is 2. The summed E-state index contributed by atoms with van der Waals surface area (Å²) in [5.74, 6) is 0.489. The lowest BCUT2D eigenvalue weighted by molar-refractivity contribution is 0.0886. The summed E-state index contributed by atoms with van der Waals surface area (Å²) in [6, 6.07) is 4.99. The molecule has 8 nitrogen and oxygen atoms in total. The smallest absolute Gasteiger partial charge is 0.269 e. The number of aryl methyl sites for hydroxylation is 1. The molecule has 1 aliphatic heterocycles. The third-order valence-corrected chi connectivity index (χ3v) is 5.37. The summed E-state index contributed by atoms with van der Waals surface area (Å²) in [7, 11) is 3.32. The van der Waals surface area contributed by atoms with Crippen molar-refractivity contribution in [3.05, 3.63) is 39.9 Å². The lowest BCUT2D eigenvalue weighted by atomic mass is 10.1. The molecule has 0 fully saturated rings. The Morgan fingerprint density at radius 2 is 2.17 bits per heavy atom. The third kappa shape index (κ3) is 5.10. The van der Waals surface area contributed by atoms with Crippen LogP contribution in [0.15, 0.2) is 23.0 Å². The zero-order valence-electron chi connectivity index (χ0n) is 16.9. The number of rotatable bonds is 5. The van der Waals surface area contributed by atoms with Gasteiger partial charge in [0.1, 0.15) is 5.82 Å². The molecule has 0 saturated carbocycles. The number of ether oxygens (including phenoxy) is 1. The van der Waals surface area contributed by atoms with Gasteiger partial charge in [-0.2, -0.15) is 0 Å². The van der Waals surface area contributed by atoms with E-state index in [1.807, 2.05) is 0 Å². The molecular weight excluding hydrogens is 390 g/mol. The maximum Gasteiger partial charge on any atom is 0.269 e. The van der Waals surface area contributed by atoms with Crippen molar-refractivity contribution < 1.29 is 9.53 Å². The number of hydrazine groups is 1. The predicted octanol–water partition coefficient (Wildman–Crippen LogP) is 1.61. The van der Waals surface area contributed by atoms with Crippen LogP contribution in [0.3, 0.4) is 0 Å². The van der Waals surface area contributed by atoms with Crippen molar-refractivity contribution in [2.75, 3.05) is 27.3 Å². The summed E-state index contributed by atoms with van der Waals surface area (Å²) in [4.78, 5) is 30.1. The molecule has 156 valence electrons. The molecule has 29 heavy (non-hydrogen) atoms. The molecule has 9 heteroatoms. The van der Waals surface area contributed by atoms with Gasteiger partial charge in [0.2, 0.25) is 0 Å². The second-order valence-electron chi connectivity index (χ2n) is 7.11. The summed E-state index contributed by atoms with van der Waals surface area (Å²) in [6.45, 7) is 2.00. The van der Waals surface area contributed by atoms with Crippen LogP contribution in [-0.2, 0) is 17.7 Å². The Bertz CT molecular complexity index is 959. The molecule has 0 saturated heterocycles. The highest BCUT2D eigenvalue weighted by molar-refractivity contribution is 7.80. The molecule has 0 unspecified atom stereocenters. The number of methoxy groups -OCH3 is 1. The molecule has 1 aromatic carbocycles. The van der Waals surface area contributed by atoms with Gasteiger partial charge in [0.05, 0.1) is 10.9 Å². The second-order valence-corrected chi connectivity index (χ2v) is 7.49. The fourth-order valence-electron chi connectivity index (χ4n) is 3.36. The monoisotopic (exact) mass is 417 g/mol. The summed E-state index contributed by atoms with van der Waals surface area (Å²) >= 11 is 5.27. The molecule has 1 aliphatic rings. The number of carbonyl (C=O) groups excluding carboxylic acids is 1. The van der Waals surface area contributed by atoms with Crippen molar-refractivity contribution in [1.82, 2.24) is 25.3 Å². The van der Waals surface area contributed by atoms with Crippen LogP contribution in [0.25, 0.3) is 10.9 Å². The molecule has 2 heterocycles. The van der Waals surface area contributed by atoms with Gasteiger partial charge in [-0.15, -0.1) is 0 Å². The van der Waals surface area contributed by atoms with Crippen LogP contribution in [0, 0.1) is 0 Å². The first-order valence-corrected chi connectivity index (χ1v) is 10.3. The van der Waals surface area contributed by atoms with Gasteiger partial charge in [-0.05, 0) is 49.7 Å². The quantitative estimate of drug-likeness (QED) is 0.434. The second kappa shape index (κ2) is 9.80. The first-order chi connectivity index (χ1) is 14.0. The van der Waals surface area contributed by atoms with E-state index in [0.717, 1.165) is 37.9 Å². The van der Waals surface area contributed by atoms with E-state index in [1.165, 1.54) is 5.01 Å². The van der Waals surface area contributed by atoms with Crippen molar-refractivity contribution in [3.63, 3.8) is 0 Å². The first-order valence-electron chi connectivity index (χ1n) is 9.86. The predicted molar refractivity (Wildman–Crippen MR) is 116 cm³/mol. The zero-order chi connectivity index (χ0) is 20.8. The van der Waals surface area contributed by atoms with Crippen LogP contribution in [0.5, 0.6) is 0 Å². The molecule has 2 aromatic rings. The van der Waals surface area contributed by atoms with Crippen molar-refractivity contribution >= 4 is 34.1 Å². The number of aromatic nitrogens is 2. The molecule has 1 amide bonds. The minimum atomic E-state index is -0.313. The van der Waals surface area contributed by atoms with Crippen LogP contribution in [0.2, 0.25) is 0 Å². The fourth-order valence-corrected chi connectivity index (χ4v) is 3.51. The number of hydrogen-bond acceptors (Lipinski definition) is 5. The summed E-state index contributed by atoms with van der Waals surface area (Å²) < 4.78 is 6.77. The normalized spacial score (nSPS) is 13.4. The van der Waals surface area contributed by atoms with Crippen LogP contribution in [0.1, 0.15) is 41.9 Å². The molecule has 0 aliphatic carbocycles. The maximum atomic E-state index is 12.8. The van der Waals surface area contributed by atoms with Gasteiger partial charge in [-0.25, -0.2) is 4.98 Å². The SMILES string of the molecule is COCCCNC(=S)N(C)NC(=O)c1ccc2c(=O)n3c(nc2c1)CCCCC3. The maximum absolute atomic E-state index is 12.8. The number of carbonyl (C=O) groups is 1. The van der Waals surface area contributed by atoms with Gasteiger partial charge in [0.15, 0.2) is 5.11 Å². The van der Waals surface area contributed by atoms with E-state index in [4.69, 9.17) is 17.0 Å². The van der Waals surface area contributed by atoms with Crippen LogP contribution in [-0.4, -0.2) is 52.9 Å². The van der Waals surface area contributed by atoms with E-state index in [-0.39, 0.29) is 11.5 Å². The Morgan fingerprint density at radius 1 is 1.34 bits per heavy atom. The summed E-state index contributed by atoms with van der Waals surface area (Å²) in [5, 5.41) is 5.48. The highest BCUT2D eigenvalue weighted by Gasteiger charge is 2.16. The number of amides is 1. The van der Waals surface area contributed by atoms with Gasteiger partial charge in [-0.1, -0.05) is 6.42 Å². The zero-order valence-corrected chi connectivity index (χ0v) is 17.7. The Morgan fingerprint density at radius 3 is 2.97 bits per heavy atom. The molecule has 0 atom stereocenters. The molecule has 0 radical (unpaired) electrons. The highest BCUT2D eigenvalue weighted by Crippen LogP contribution is 2.16. The third-order valence-electron chi connectivity index (χ3n) is 4.95.